The Bertz CT molecular complexity index is 588. The Morgan fingerprint density at radius 2 is 2.24 bits per heavy atom. The Balaban J connectivity index is 1.77. The lowest BCUT2D eigenvalue weighted by Crippen LogP contribution is -2.40. The highest BCUT2D eigenvalue weighted by molar-refractivity contribution is 5.96. The minimum absolute atomic E-state index is 0.00157. The first kappa shape index (κ1) is 13.8. The first-order valence-electron chi connectivity index (χ1n) is 7.34. The van der Waals surface area contributed by atoms with Crippen molar-refractivity contribution in [1.29, 1.82) is 0 Å². The van der Waals surface area contributed by atoms with Gasteiger partial charge in [-0.1, -0.05) is 12.8 Å². The van der Waals surface area contributed by atoms with Crippen LogP contribution < -0.4 is 10.6 Å². The van der Waals surface area contributed by atoms with Crippen LogP contribution in [0.2, 0.25) is 0 Å². The van der Waals surface area contributed by atoms with E-state index in [0.717, 1.165) is 25.8 Å². The minimum atomic E-state index is -0.127. The zero-order valence-electron chi connectivity index (χ0n) is 11.8. The van der Waals surface area contributed by atoms with Crippen LogP contribution in [0.15, 0.2) is 36.8 Å². The SMILES string of the molecule is O=C(Nc1cccnc1-n1cccn1)C1CCCCCN1. The van der Waals surface area contributed by atoms with E-state index in [1.165, 1.54) is 6.42 Å². The van der Waals surface area contributed by atoms with Crippen molar-refractivity contribution >= 4 is 11.6 Å². The van der Waals surface area contributed by atoms with Crippen molar-refractivity contribution < 1.29 is 4.79 Å². The van der Waals surface area contributed by atoms with Crippen LogP contribution in [-0.2, 0) is 4.79 Å². The summed E-state index contributed by atoms with van der Waals surface area (Å²) in [5.41, 5.74) is 0.678. The van der Waals surface area contributed by atoms with Crippen molar-refractivity contribution in [3.63, 3.8) is 0 Å². The van der Waals surface area contributed by atoms with E-state index in [1.807, 2.05) is 24.4 Å². The maximum atomic E-state index is 12.4. The lowest BCUT2D eigenvalue weighted by molar-refractivity contribution is -0.118. The molecule has 0 spiro atoms. The van der Waals surface area contributed by atoms with Gasteiger partial charge in [0.25, 0.3) is 0 Å². The second-order valence-corrected chi connectivity index (χ2v) is 5.17. The molecule has 6 heteroatoms. The van der Waals surface area contributed by atoms with Crippen LogP contribution in [0.25, 0.3) is 5.82 Å². The quantitative estimate of drug-likeness (QED) is 0.901. The van der Waals surface area contributed by atoms with Crippen LogP contribution in [0.3, 0.4) is 0 Å². The number of nitrogens with one attached hydrogen (secondary N) is 2. The minimum Gasteiger partial charge on any atom is -0.322 e. The highest BCUT2D eigenvalue weighted by Crippen LogP contribution is 2.17. The number of anilines is 1. The van der Waals surface area contributed by atoms with Gasteiger partial charge in [0.15, 0.2) is 5.82 Å². The van der Waals surface area contributed by atoms with Gasteiger partial charge >= 0.3 is 0 Å². The second kappa shape index (κ2) is 6.49. The second-order valence-electron chi connectivity index (χ2n) is 5.17. The summed E-state index contributed by atoms with van der Waals surface area (Å²) >= 11 is 0. The van der Waals surface area contributed by atoms with Crippen molar-refractivity contribution in [1.82, 2.24) is 20.1 Å². The Morgan fingerprint density at radius 3 is 3.10 bits per heavy atom. The van der Waals surface area contributed by atoms with E-state index in [1.54, 1.807) is 17.1 Å². The number of amides is 1. The van der Waals surface area contributed by atoms with Crippen LogP contribution in [0.5, 0.6) is 0 Å². The maximum Gasteiger partial charge on any atom is 0.241 e. The molecule has 1 aliphatic heterocycles. The average Bonchev–Trinajstić information content (AvgIpc) is 2.89. The summed E-state index contributed by atoms with van der Waals surface area (Å²) in [5, 5.41) is 10.4. The van der Waals surface area contributed by atoms with E-state index in [-0.39, 0.29) is 11.9 Å². The molecule has 0 aliphatic carbocycles. The molecular formula is C15H19N5O. The molecule has 3 heterocycles. The predicted molar refractivity (Wildman–Crippen MR) is 80.2 cm³/mol. The van der Waals surface area contributed by atoms with Gasteiger partial charge in [0.2, 0.25) is 5.91 Å². The molecule has 2 N–H and O–H groups in total. The van der Waals surface area contributed by atoms with Gasteiger partial charge in [-0.15, -0.1) is 0 Å². The maximum absolute atomic E-state index is 12.4. The summed E-state index contributed by atoms with van der Waals surface area (Å²) in [5.74, 6) is 0.628. The van der Waals surface area contributed by atoms with Gasteiger partial charge < -0.3 is 10.6 Å². The van der Waals surface area contributed by atoms with Gasteiger partial charge in [-0.05, 0) is 37.6 Å². The molecule has 0 bridgehead atoms. The molecule has 1 atom stereocenters. The van der Waals surface area contributed by atoms with Gasteiger partial charge in [0.05, 0.1) is 11.7 Å². The number of aromatic nitrogens is 3. The molecule has 1 unspecified atom stereocenters. The van der Waals surface area contributed by atoms with Crippen molar-refractivity contribution in [3.8, 4) is 5.82 Å². The third kappa shape index (κ3) is 3.28. The predicted octanol–water partition coefficient (Wildman–Crippen LogP) is 1.74. The van der Waals surface area contributed by atoms with Gasteiger partial charge in [-0.2, -0.15) is 5.10 Å². The van der Waals surface area contributed by atoms with E-state index >= 15 is 0 Å². The first-order chi connectivity index (χ1) is 10.3. The Labute approximate surface area is 123 Å². The molecule has 1 aliphatic rings. The largest absolute Gasteiger partial charge is 0.322 e. The number of rotatable bonds is 3. The Kier molecular flexibility index (Phi) is 4.25. The fourth-order valence-corrected chi connectivity index (χ4v) is 2.54. The molecule has 1 fully saturated rings. The standard InChI is InChI=1S/C15H19N5O/c21-15(13-6-2-1-3-8-16-13)19-12-7-4-9-17-14(12)20-11-5-10-18-20/h4-5,7,9-11,13,16H,1-3,6,8H2,(H,19,21). The summed E-state index contributed by atoms with van der Waals surface area (Å²) in [6.07, 6.45) is 9.47. The van der Waals surface area contributed by atoms with Crippen LogP contribution in [0.4, 0.5) is 5.69 Å². The van der Waals surface area contributed by atoms with Gasteiger partial charge in [0.1, 0.15) is 0 Å². The molecule has 2 aromatic heterocycles. The normalized spacial score (nSPS) is 19.0. The van der Waals surface area contributed by atoms with E-state index < -0.39 is 0 Å². The first-order valence-corrected chi connectivity index (χ1v) is 7.34. The van der Waals surface area contributed by atoms with Crippen LogP contribution in [-0.4, -0.2) is 33.3 Å². The Hall–Kier alpha value is -2.21. The van der Waals surface area contributed by atoms with Crippen molar-refractivity contribution in [2.75, 3.05) is 11.9 Å². The number of hydrogen-bond acceptors (Lipinski definition) is 4. The summed E-state index contributed by atoms with van der Waals surface area (Å²) in [4.78, 5) is 16.7. The van der Waals surface area contributed by atoms with E-state index in [4.69, 9.17) is 0 Å². The van der Waals surface area contributed by atoms with Crippen LogP contribution in [0.1, 0.15) is 25.7 Å². The highest BCUT2D eigenvalue weighted by Gasteiger charge is 2.20. The van der Waals surface area contributed by atoms with Gasteiger partial charge in [-0.25, -0.2) is 9.67 Å². The fraction of sp³-hybridized carbons (Fsp3) is 0.400. The van der Waals surface area contributed by atoms with Crippen molar-refractivity contribution in [2.24, 2.45) is 0 Å². The molecule has 1 saturated heterocycles. The van der Waals surface area contributed by atoms with Crippen molar-refractivity contribution in [2.45, 2.75) is 31.7 Å². The topological polar surface area (TPSA) is 71.8 Å². The van der Waals surface area contributed by atoms with Gasteiger partial charge in [0, 0.05) is 18.6 Å². The lowest BCUT2D eigenvalue weighted by Gasteiger charge is -2.16. The van der Waals surface area contributed by atoms with Gasteiger partial charge in [-0.3, -0.25) is 4.79 Å². The molecule has 2 aromatic rings. The van der Waals surface area contributed by atoms with E-state index in [0.29, 0.717) is 11.5 Å². The molecule has 110 valence electrons. The fourth-order valence-electron chi connectivity index (χ4n) is 2.54. The number of nitrogens with zero attached hydrogens (tertiary/aromatic N) is 3. The Morgan fingerprint density at radius 1 is 1.29 bits per heavy atom. The molecule has 0 saturated carbocycles. The van der Waals surface area contributed by atoms with Crippen molar-refractivity contribution in [3.05, 3.63) is 36.8 Å². The molecule has 0 aromatic carbocycles. The molecule has 6 nitrogen and oxygen atoms in total. The number of pyridine rings is 1. The molecule has 21 heavy (non-hydrogen) atoms. The average molecular weight is 285 g/mol. The molecule has 0 radical (unpaired) electrons. The zero-order valence-corrected chi connectivity index (χ0v) is 11.8. The zero-order chi connectivity index (χ0) is 14.5. The van der Waals surface area contributed by atoms with E-state index in [2.05, 4.69) is 20.7 Å². The third-order valence-electron chi connectivity index (χ3n) is 3.64. The summed E-state index contributed by atoms with van der Waals surface area (Å²) in [6, 6.07) is 5.35. The third-order valence-corrected chi connectivity index (χ3v) is 3.64. The molecular weight excluding hydrogens is 266 g/mol. The summed E-state index contributed by atoms with van der Waals surface area (Å²) < 4.78 is 1.65. The number of hydrogen-bond donors (Lipinski definition) is 2. The monoisotopic (exact) mass is 285 g/mol. The summed E-state index contributed by atoms with van der Waals surface area (Å²) in [7, 11) is 0. The van der Waals surface area contributed by atoms with Crippen LogP contribution >= 0.6 is 0 Å². The smallest absolute Gasteiger partial charge is 0.241 e. The molecule has 3 rings (SSSR count). The lowest BCUT2D eigenvalue weighted by atomic mass is 10.1. The number of carbonyl (C=O) groups is 1. The number of carbonyl (C=O) groups excluding carboxylic acids is 1. The highest BCUT2D eigenvalue weighted by atomic mass is 16.2. The summed E-state index contributed by atoms with van der Waals surface area (Å²) in [6.45, 7) is 0.900. The van der Waals surface area contributed by atoms with E-state index in [9.17, 15) is 4.79 Å². The van der Waals surface area contributed by atoms with Crippen LogP contribution in [0, 0.1) is 0 Å². The molecule has 1 amide bonds.